The number of benzene rings is 1. The van der Waals surface area contributed by atoms with Gasteiger partial charge in [0, 0.05) is 10.5 Å². The first kappa shape index (κ1) is 14.9. The van der Waals surface area contributed by atoms with Gasteiger partial charge in [-0.05, 0) is 42.5 Å². The van der Waals surface area contributed by atoms with E-state index >= 15 is 0 Å². The third kappa shape index (κ3) is 4.50. The average Bonchev–Trinajstić information content (AvgIpc) is 2.40. The molecule has 1 unspecified atom stereocenters. The topological polar surface area (TPSA) is 35.2 Å². The lowest BCUT2D eigenvalue weighted by atomic mass is 9.84. The van der Waals surface area contributed by atoms with Gasteiger partial charge in [0.2, 0.25) is 0 Å². The first-order valence-electron chi connectivity index (χ1n) is 7.27. The lowest BCUT2D eigenvalue weighted by Gasteiger charge is -2.25. The van der Waals surface area contributed by atoms with Crippen LogP contribution in [0.25, 0.3) is 0 Å². The van der Waals surface area contributed by atoms with Gasteiger partial charge in [0.1, 0.15) is 5.75 Å². The molecular formula is C16H24BrNO. The molecule has 0 heterocycles. The van der Waals surface area contributed by atoms with Gasteiger partial charge in [-0.1, -0.05) is 48.0 Å². The SMILES string of the molecule is COc1ccc(Br)cc1CC(N)CC1CCCCC1. The van der Waals surface area contributed by atoms with Crippen molar-refractivity contribution in [2.75, 3.05) is 7.11 Å². The summed E-state index contributed by atoms with van der Waals surface area (Å²) in [6, 6.07) is 6.38. The van der Waals surface area contributed by atoms with Gasteiger partial charge in [-0.25, -0.2) is 0 Å². The number of ether oxygens (including phenoxy) is 1. The third-order valence-electron chi connectivity index (χ3n) is 4.09. The van der Waals surface area contributed by atoms with Gasteiger partial charge in [-0.2, -0.15) is 0 Å². The maximum atomic E-state index is 6.34. The second-order valence-corrected chi connectivity index (χ2v) is 6.58. The largest absolute Gasteiger partial charge is 0.496 e. The van der Waals surface area contributed by atoms with Gasteiger partial charge >= 0.3 is 0 Å². The Labute approximate surface area is 124 Å². The lowest BCUT2D eigenvalue weighted by molar-refractivity contribution is 0.315. The fourth-order valence-corrected chi connectivity index (χ4v) is 3.53. The molecule has 106 valence electrons. The van der Waals surface area contributed by atoms with Crippen molar-refractivity contribution in [1.82, 2.24) is 0 Å². The van der Waals surface area contributed by atoms with Crippen molar-refractivity contribution in [3.63, 3.8) is 0 Å². The number of hydrogen-bond acceptors (Lipinski definition) is 2. The molecule has 1 aliphatic rings. The van der Waals surface area contributed by atoms with E-state index in [1.807, 2.05) is 12.1 Å². The van der Waals surface area contributed by atoms with E-state index in [-0.39, 0.29) is 6.04 Å². The van der Waals surface area contributed by atoms with E-state index in [4.69, 9.17) is 10.5 Å². The second kappa shape index (κ2) is 7.30. The van der Waals surface area contributed by atoms with Crippen LogP contribution in [-0.2, 0) is 6.42 Å². The Bertz CT molecular complexity index is 402. The van der Waals surface area contributed by atoms with Gasteiger partial charge in [0.25, 0.3) is 0 Å². The molecule has 0 radical (unpaired) electrons. The van der Waals surface area contributed by atoms with E-state index in [1.165, 1.54) is 37.7 Å². The molecule has 2 rings (SSSR count). The molecule has 3 heteroatoms. The molecule has 0 spiro atoms. The van der Waals surface area contributed by atoms with Gasteiger partial charge in [0.05, 0.1) is 7.11 Å². The van der Waals surface area contributed by atoms with E-state index in [0.717, 1.165) is 29.0 Å². The summed E-state index contributed by atoms with van der Waals surface area (Å²) in [6.45, 7) is 0. The smallest absolute Gasteiger partial charge is 0.122 e. The van der Waals surface area contributed by atoms with E-state index in [0.29, 0.717) is 0 Å². The maximum absolute atomic E-state index is 6.34. The quantitative estimate of drug-likeness (QED) is 0.876. The van der Waals surface area contributed by atoms with Crippen LogP contribution in [0.15, 0.2) is 22.7 Å². The summed E-state index contributed by atoms with van der Waals surface area (Å²) in [5.41, 5.74) is 7.55. The fourth-order valence-electron chi connectivity index (χ4n) is 3.12. The third-order valence-corrected chi connectivity index (χ3v) is 4.58. The van der Waals surface area contributed by atoms with E-state index in [9.17, 15) is 0 Å². The van der Waals surface area contributed by atoms with Crippen LogP contribution in [-0.4, -0.2) is 13.2 Å². The summed E-state index contributed by atoms with van der Waals surface area (Å²) in [5.74, 6) is 1.78. The fraction of sp³-hybridized carbons (Fsp3) is 0.625. The number of rotatable bonds is 5. The molecule has 0 saturated heterocycles. The molecule has 0 amide bonds. The minimum absolute atomic E-state index is 0.242. The Hall–Kier alpha value is -0.540. The summed E-state index contributed by atoms with van der Waals surface area (Å²) in [4.78, 5) is 0. The van der Waals surface area contributed by atoms with Gasteiger partial charge in [-0.3, -0.25) is 0 Å². The molecule has 0 bridgehead atoms. The zero-order valence-corrected chi connectivity index (χ0v) is 13.3. The van der Waals surface area contributed by atoms with Crippen molar-refractivity contribution in [3.8, 4) is 5.75 Å². The zero-order valence-electron chi connectivity index (χ0n) is 11.7. The van der Waals surface area contributed by atoms with Gasteiger partial charge in [0.15, 0.2) is 0 Å². The van der Waals surface area contributed by atoms with Crippen LogP contribution in [0.1, 0.15) is 44.1 Å². The first-order chi connectivity index (χ1) is 9.19. The molecule has 0 aliphatic heterocycles. The highest BCUT2D eigenvalue weighted by Crippen LogP contribution is 2.29. The highest BCUT2D eigenvalue weighted by atomic mass is 79.9. The summed E-state index contributed by atoms with van der Waals surface area (Å²) in [6.07, 6.45) is 8.96. The van der Waals surface area contributed by atoms with Crippen molar-refractivity contribution in [3.05, 3.63) is 28.2 Å². The minimum atomic E-state index is 0.242. The van der Waals surface area contributed by atoms with Crippen LogP contribution in [0.3, 0.4) is 0 Å². The Kier molecular flexibility index (Phi) is 5.71. The molecule has 19 heavy (non-hydrogen) atoms. The summed E-state index contributed by atoms with van der Waals surface area (Å²) < 4.78 is 6.51. The zero-order chi connectivity index (χ0) is 13.7. The van der Waals surface area contributed by atoms with Crippen LogP contribution < -0.4 is 10.5 Å². The molecule has 2 N–H and O–H groups in total. The lowest BCUT2D eigenvalue weighted by Crippen LogP contribution is -2.27. The minimum Gasteiger partial charge on any atom is -0.496 e. The number of nitrogens with two attached hydrogens (primary N) is 1. The van der Waals surface area contributed by atoms with Crippen molar-refractivity contribution >= 4 is 15.9 Å². The van der Waals surface area contributed by atoms with Crippen LogP contribution in [0.2, 0.25) is 0 Å². The highest BCUT2D eigenvalue weighted by molar-refractivity contribution is 9.10. The molecule has 1 aliphatic carbocycles. The molecule has 1 aromatic carbocycles. The van der Waals surface area contributed by atoms with Crippen molar-refractivity contribution in [2.24, 2.45) is 11.7 Å². The van der Waals surface area contributed by atoms with Gasteiger partial charge < -0.3 is 10.5 Å². The molecule has 0 aromatic heterocycles. The summed E-state index contributed by atoms with van der Waals surface area (Å²) in [7, 11) is 1.72. The van der Waals surface area contributed by atoms with Crippen LogP contribution in [0, 0.1) is 5.92 Å². The molecular weight excluding hydrogens is 302 g/mol. The number of halogens is 1. The summed E-state index contributed by atoms with van der Waals surface area (Å²) in [5, 5.41) is 0. The van der Waals surface area contributed by atoms with Crippen LogP contribution in [0.4, 0.5) is 0 Å². The molecule has 1 aromatic rings. The van der Waals surface area contributed by atoms with Crippen molar-refractivity contribution in [2.45, 2.75) is 51.0 Å². The monoisotopic (exact) mass is 325 g/mol. The predicted octanol–water partition coefficient (Wildman–Crippen LogP) is 4.30. The number of hydrogen-bond donors (Lipinski definition) is 1. The number of methoxy groups -OCH3 is 1. The van der Waals surface area contributed by atoms with E-state index in [1.54, 1.807) is 7.11 Å². The highest BCUT2D eigenvalue weighted by Gasteiger charge is 2.18. The predicted molar refractivity (Wildman–Crippen MR) is 83.6 cm³/mol. The van der Waals surface area contributed by atoms with E-state index < -0.39 is 0 Å². The molecule has 1 atom stereocenters. The Morgan fingerprint density at radius 3 is 2.74 bits per heavy atom. The standard InChI is InChI=1S/C16H24BrNO/c1-19-16-8-7-14(17)10-13(16)11-15(18)9-12-5-3-2-4-6-12/h7-8,10,12,15H,2-6,9,11,18H2,1H3. The summed E-state index contributed by atoms with van der Waals surface area (Å²) >= 11 is 3.52. The average molecular weight is 326 g/mol. The van der Waals surface area contributed by atoms with E-state index in [2.05, 4.69) is 22.0 Å². The Balaban J connectivity index is 1.93. The first-order valence-corrected chi connectivity index (χ1v) is 8.06. The molecule has 1 saturated carbocycles. The van der Waals surface area contributed by atoms with Crippen molar-refractivity contribution < 1.29 is 4.74 Å². The van der Waals surface area contributed by atoms with Crippen LogP contribution in [0.5, 0.6) is 5.75 Å². The Morgan fingerprint density at radius 1 is 1.32 bits per heavy atom. The maximum Gasteiger partial charge on any atom is 0.122 e. The molecule has 2 nitrogen and oxygen atoms in total. The molecule has 1 fully saturated rings. The normalized spacial score (nSPS) is 18.3. The second-order valence-electron chi connectivity index (χ2n) is 5.66. The Morgan fingerprint density at radius 2 is 2.05 bits per heavy atom. The van der Waals surface area contributed by atoms with Gasteiger partial charge in [-0.15, -0.1) is 0 Å². The van der Waals surface area contributed by atoms with Crippen LogP contribution >= 0.6 is 15.9 Å². The van der Waals surface area contributed by atoms with Crippen molar-refractivity contribution in [1.29, 1.82) is 0 Å².